The van der Waals surface area contributed by atoms with E-state index in [0.29, 0.717) is 29.9 Å². The summed E-state index contributed by atoms with van der Waals surface area (Å²) in [6, 6.07) is 6.23. The van der Waals surface area contributed by atoms with E-state index in [-0.39, 0.29) is 18.6 Å². The Bertz CT molecular complexity index is 1140. The molecule has 0 spiro atoms. The van der Waals surface area contributed by atoms with Crippen LogP contribution in [0.25, 0.3) is 11.0 Å². The quantitative estimate of drug-likeness (QED) is 0.388. The van der Waals surface area contributed by atoms with E-state index < -0.39 is 0 Å². The van der Waals surface area contributed by atoms with Crippen LogP contribution in [0.1, 0.15) is 30.4 Å². The van der Waals surface area contributed by atoms with Gasteiger partial charge in [-0.1, -0.05) is 25.0 Å². The normalized spacial score (nSPS) is 17.6. The number of aliphatic hydroxyl groups excluding tert-OH is 1. The predicted molar refractivity (Wildman–Crippen MR) is 130 cm³/mol. The summed E-state index contributed by atoms with van der Waals surface area (Å²) in [7, 11) is 3.45. The number of nitrogens with zero attached hydrogens (tertiary/aromatic N) is 5. The Balaban J connectivity index is 1.37. The number of nitrogens with one attached hydrogen (secondary N) is 1. The van der Waals surface area contributed by atoms with Gasteiger partial charge in [0.05, 0.1) is 38.6 Å². The number of nitrogens with two attached hydrogens (primary N) is 1. The maximum Gasteiger partial charge on any atom is 0.222 e. The van der Waals surface area contributed by atoms with Gasteiger partial charge >= 0.3 is 0 Å². The van der Waals surface area contributed by atoms with Gasteiger partial charge in [-0.25, -0.2) is 4.98 Å². The van der Waals surface area contributed by atoms with Gasteiger partial charge in [-0.2, -0.15) is 10.1 Å². The molecule has 1 saturated carbocycles. The molecule has 2 fully saturated rings. The average molecular weight is 468 g/mol. The van der Waals surface area contributed by atoms with Gasteiger partial charge in [0.2, 0.25) is 5.95 Å². The molecule has 5 rings (SSSR count). The van der Waals surface area contributed by atoms with E-state index in [4.69, 9.17) is 15.2 Å². The first-order valence-electron chi connectivity index (χ1n) is 11.8. The van der Waals surface area contributed by atoms with Crippen LogP contribution in [0.3, 0.4) is 0 Å². The van der Waals surface area contributed by atoms with Gasteiger partial charge in [-0.15, -0.1) is 0 Å². The number of benzene rings is 1. The molecule has 2 aromatic heterocycles. The van der Waals surface area contributed by atoms with Crippen molar-refractivity contribution < 1.29 is 14.6 Å². The van der Waals surface area contributed by atoms with Crippen molar-refractivity contribution in [2.24, 2.45) is 5.92 Å². The third-order valence-electron chi connectivity index (χ3n) is 6.72. The molecular weight excluding hydrogens is 434 g/mol. The van der Waals surface area contributed by atoms with E-state index in [2.05, 4.69) is 43.5 Å². The first-order valence-corrected chi connectivity index (χ1v) is 11.8. The summed E-state index contributed by atoms with van der Waals surface area (Å²) in [6.07, 6.45) is 5.39. The van der Waals surface area contributed by atoms with Crippen molar-refractivity contribution in [2.45, 2.75) is 44.5 Å². The lowest BCUT2D eigenvalue weighted by Crippen LogP contribution is -2.50. The van der Waals surface area contributed by atoms with E-state index in [0.717, 1.165) is 42.9 Å². The van der Waals surface area contributed by atoms with Crippen LogP contribution >= 0.6 is 0 Å². The van der Waals surface area contributed by atoms with E-state index in [1.807, 2.05) is 4.68 Å². The molecule has 3 aromatic rings. The minimum Gasteiger partial charge on any atom is -0.496 e. The molecule has 10 heteroatoms. The Kier molecular flexibility index (Phi) is 6.53. The third-order valence-corrected chi connectivity index (χ3v) is 6.72. The van der Waals surface area contributed by atoms with Gasteiger partial charge in [0.15, 0.2) is 5.82 Å². The first-order chi connectivity index (χ1) is 16.6. The summed E-state index contributed by atoms with van der Waals surface area (Å²) >= 11 is 0. The number of fused-ring (bicyclic) bond motifs is 1. The van der Waals surface area contributed by atoms with Crippen LogP contribution in [-0.4, -0.2) is 75.8 Å². The first kappa shape index (κ1) is 22.8. The molecule has 1 saturated heterocycles. The Morgan fingerprint density at radius 2 is 2.03 bits per heavy atom. The fourth-order valence-corrected chi connectivity index (χ4v) is 4.60. The van der Waals surface area contributed by atoms with Crippen LogP contribution in [0.15, 0.2) is 24.4 Å². The molecule has 0 bridgehead atoms. The standard InChI is InChI=1S/C24H33N7O3/c1-33-19-12-30(13-19)10-16-5-6-17(21(8-16)34-2)11-31-22-20(9-26-31)28-24(25)29-23(22)27-18(14-32)7-15-3-4-15/h5-6,8-9,15,18-19,32H,3-4,7,10-14H2,1-2H3,(H3,25,27,28,29)/t18-/m0/s1. The van der Waals surface area contributed by atoms with E-state index >= 15 is 0 Å². The average Bonchev–Trinajstić information content (AvgIpc) is 3.54. The van der Waals surface area contributed by atoms with Gasteiger partial charge in [0, 0.05) is 32.3 Å². The van der Waals surface area contributed by atoms with Gasteiger partial charge in [-0.05, 0) is 24.0 Å². The summed E-state index contributed by atoms with van der Waals surface area (Å²) in [5.41, 5.74) is 9.60. The fourth-order valence-electron chi connectivity index (χ4n) is 4.60. The summed E-state index contributed by atoms with van der Waals surface area (Å²) in [5, 5.41) is 17.8. The molecule has 0 amide bonds. The minimum atomic E-state index is -0.0821. The summed E-state index contributed by atoms with van der Waals surface area (Å²) in [5.74, 6) is 2.27. The number of anilines is 2. The number of methoxy groups -OCH3 is 2. The maximum absolute atomic E-state index is 9.88. The van der Waals surface area contributed by atoms with Crippen LogP contribution in [0.2, 0.25) is 0 Å². The topological polar surface area (TPSA) is 124 Å². The molecule has 1 aliphatic carbocycles. The molecule has 4 N–H and O–H groups in total. The molecule has 34 heavy (non-hydrogen) atoms. The SMILES string of the molecule is COc1cc(CN2CC(OC)C2)ccc1Cn1ncc2nc(N)nc(N[C@H](CO)CC3CC3)c21. The van der Waals surface area contributed by atoms with Crippen LogP contribution in [0, 0.1) is 5.92 Å². The highest BCUT2D eigenvalue weighted by molar-refractivity contribution is 5.86. The van der Waals surface area contributed by atoms with E-state index in [1.165, 1.54) is 18.4 Å². The number of rotatable bonds is 11. The second-order valence-corrected chi connectivity index (χ2v) is 9.37. The van der Waals surface area contributed by atoms with Crippen molar-refractivity contribution in [3.05, 3.63) is 35.5 Å². The van der Waals surface area contributed by atoms with E-state index in [1.54, 1.807) is 20.4 Å². The molecule has 1 aromatic carbocycles. The molecule has 1 atom stereocenters. The van der Waals surface area contributed by atoms with Gasteiger partial charge in [-0.3, -0.25) is 9.58 Å². The lowest BCUT2D eigenvalue weighted by molar-refractivity contribution is -0.0334. The number of aromatic nitrogens is 4. The van der Waals surface area contributed by atoms with Gasteiger partial charge in [0.1, 0.15) is 16.8 Å². The van der Waals surface area contributed by atoms with Crippen molar-refractivity contribution in [3.8, 4) is 5.75 Å². The zero-order chi connectivity index (χ0) is 23.7. The minimum absolute atomic E-state index is 0.0352. The van der Waals surface area contributed by atoms with Crippen LogP contribution < -0.4 is 15.8 Å². The second-order valence-electron chi connectivity index (χ2n) is 9.37. The number of likely N-dealkylation sites (tertiary alicyclic amines) is 1. The molecule has 0 unspecified atom stereocenters. The largest absolute Gasteiger partial charge is 0.496 e. The van der Waals surface area contributed by atoms with Crippen molar-refractivity contribution in [3.63, 3.8) is 0 Å². The number of hydrogen-bond acceptors (Lipinski definition) is 9. The maximum atomic E-state index is 9.88. The molecule has 182 valence electrons. The van der Waals surface area contributed by atoms with Gasteiger partial charge < -0.3 is 25.6 Å². The predicted octanol–water partition coefficient (Wildman–Crippen LogP) is 1.87. The molecule has 2 aliphatic rings. The molecule has 10 nitrogen and oxygen atoms in total. The number of ether oxygens (including phenoxy) is 2. The molecule has 1 aliphatic heterocycles. The number of nitrogen functional groups attached to an aromatic ring is 1. The monoisotopic (exact) mass is 467 g/mol. The van der Waals surface area contributed by atoms with Crippen molar-refractivity contribution in [1.82, 2.24) is 24.6 Å². The van der Waals surface area contributed by atoms with Gasteiger partial charge in [0.25, 0.3) is 0 Å². The lowest BCUT2D eigenvalue weighted by atomic mass is 10.1. The highest BCUT2D eigenvalue weighted by atomic mass is 16.5. The smallest absolute Gasteiger partial charge is 0.222 e. The Hall–Kier alpha value is -2.95. The van der Waals surface area contributed by atoms with E-state index in [9.17, 15) is 5.11 Å². The third kappa shape index (κ3) is 4.94. The zero-order valence-electron chi connectivity index (χ0n) is 19.8. The summed E-state index contributed by atoms with van der Waals surface area (Å²) in [4.78, 5) is 11.2. The van der Waals surface area contributed by atoms with Crippen LogP contribution in [0.4, 0.5) is 11.8 Å². The number of hydrogen-bond donors (Lipinski definition) is 3. The summed E-state index contributed by atoms with van der Waals surface area (Å²) < 4.78 is 12.9. The second kappa shape index (κ2) is 9.73. The van der Waals surface area contributed by atoms with Crippen molar-refractivity contribution in [2.75, 3.05) is 45.0 Å². The Morgan fingerprint density at radius 1 is 1.21 bits per heavy atom. The fraction of sp³-hybridized carbons (Fsp3) is 0.542. The van der Waals surface area contributed by atoms with Crippen LogP contribution in [-0.2, 0) is 17.8 Å². The number of aliphatic hydroxyl groups is 1. The summed E-state index contributed by atoms with van der Waals surface area (Å²) in [6.45, 7) is 3.30. The van der Waals surface area contributed by atoms with Crippen LogP contribution in [0.5, 0.6) is 5.75 Å². The lowest BCUT2D eigenvalue weighted by Gasteiger charge is -2.38. The molecule has 0 radical (unpaired) electrons. The Labute approximate surface area is 199 Å². The molecule has 3 heterocycles. The van der Waals surface area contributed by atoms with Crippen molar-refractivity contribution in [1.29, 1.82) is 0 Å². The molecular formula is C24H33N7O3. The van der Waals surface area contributed by atoms with Crippen molar-refractivity contribution >= 4 is 22.8 Å². The Morgan fingerprint density at radius 3 is 2.74 bits per heavy atom. The highest BCUT2D eigenvalue weighted by Crippen LogP contribution is 2.34. The highest BCUT2D eigenvalue weighted by Gasteiger charge is 2.27. The zero-order valence-corrected chi connectivity index (χ0v) is 19.8.